The van der Waals surface area contributed by atoms with E-state index in [1.54, 1.807) is 29.4 Å². The highest BCUT2D eigenvalue weighted by Crippen LogP contribution is 2.29. The average Bonchev–Trinajstić information content (AvgIpc) is 3.31. The zero-order valence-corrected chi connectivity index (χ0v) is 14.1. The van der Waals surface area contributed by atoms with E-state index < -0.39 is 0 Å². The van der Waals surface area contributed by atoms with Crippen LogP contribution in [0, 0.1) is 17.2 Å². The number of rotatable bonds is 4. The van der Waals surface area contributed by atoms with Crippen molar-refractivity contribution in [3.63, 3.8) is 0 Å². The molecule has 1 aromatic carbocycles. The summed E-state index contributed by atoms with van der Waals surface area (Å²) in [5.74, 6) is 0.791. The molecule has 1 amide bonds. The number of anilines is 1. The molecule has 1 unspecified atom stereocenters. The Kier molecular flexibility index (Phi) is 4.20. The Morgan fingerprint density at radius 1 is 1.19 bits per heavy atom. The van der Waals surface area contributed by atoms with E-state index in [-0.39, 0.29) is 11.8 Å². The maximum Gasteiger partial charge on any atom is 0.231 e. The summed E-state index contributed by atoms with van der Waals surface area (Å²) in [5.41, 5.74) is 3.47. The van der Waals surface area contributed by atoms with Crippen molar-refractivity contribution in [2.45, 2.75) is 12.8 Å². The molecule has 1 aliphatic rings. The molecule has 0 radical (unpaired) electrons. The van der Waals surface area contributed by atoms with Crippen molar-refractivity contribution < 1.29 is 4.79 Å². The number of carbonyl (C=O) groups excluding carboxylic acids is 1. The maximum atomic E-state index is 12.8. The largest absolute Gasteiger partial charge is 0.297 e. The van der Waals surface area contributed by atoms with E-state index in [1.807, 2.05) is 30.3 Å². The van der Waals surface area contributed by atoms with Crippen molar-refractivity contribution in [2.24, 2.45) is 5.92 Å². The van der Waals surface area contributed by atoms with Gasteiger partial charge in [0.15, 0.2) is 0 Å². The highest BCUT2D eigenvalue weighted by Gasteiger charge is 2.33. The number of nitrogens with zero attached hydrogens (tertiary/aromatic N) is 4. The molecule has 4 rings (SSSR count). The van der Waals surface area contributed by atoms with E-state index >= 15 is 0 Å². The third-order valence-corrected chi connectivity index (χ3v) is 4.71. The molecule has 0 saturated carbocycles. The smallest absolute Gasteiger partial charge is 0.231 e. The predicted octanol–water partition coefficient (Wildman–Crippen LogP) is 2.94. The van der Waals surface area contributed by atoms with Crippen LogP contribution in [-0.2, 0) is 11.2 Å². The van der Waals surface area contributed by atoms with Gasteiger partial charge in [0.2, 0.25) is 5.91 Å². The van der Waals surface area contributed by atoms with E-state index in [4.69, 9.17) is 5.26 Å². The number of pyridine rings is 1. The lowest BCUT2D eigenvalue weighted by Crippen LogP contribution is -2.28. The highest BCUT2D eigenvalue weighted by molar-refractivity contribution is 5.96. The lowest BCUT2D eigenvalue weighted by atomic mass is 9.97. The number of H-pyrrole nitrogens is 1. The number of carbonyl (C=O) groups is 1. The van der Waals surface area contributed by atoms with Crippen molar-refractivity contribution in [2.75, 3.05) is 11.4 Å². The second-order valence-electron chi connectivity index (χ2n) is 6.36. The van der Waals surface area contributed by atoms with Gasteiger partial charge < -0.3 is 0 Å². The molecular formula is C20H17N5O. The fraction of sp³-hybridized carbons (Fsp3) is 0.200. The van der Waals surface area contributed by atoms with Crippen LogP contribution in [-0.4, -0.2) is 27.6 Å². The fourth-order valence-corrected chi connectivity index (χ4v) is 3.29. The Morgan fingerprint density at radius 2 is 1.96 bits per heavy atom. The van der Waals surface area contributed by atoms with E-state index in [9.17, 15) is 4.79 Å². The summed E-state index contributed by atoms with van der Waals surface area (Å²) < 4.78 is 0. The minimum absolute atomic E-state index is 0.0457. The van der Waals surface area contributed by atoms with Gasteiger partial charge in [0.1, 0.15) is 5.82 Å². The van der Waals surface area contributed by atoms with Crippen LogP contribution in [0.25, 0.3) is 11.3 Å². The van der Waals surface area contributed by atoms with Crippen molar-refractivity contribution in [3.8, 4) is 17.3 Å². The van der Waals surface area contributed by atoms with Gasteiger partial charge in [0.25, 0.3) is 0 Å². The van der Waals surface area contributed by atoms with Crippen molar-refractivity contribution in [1.82, 2.24) is 15.2 Å². The molecule has 0 aliphatic carbocycles. The first kappa shape index (κ1) is 16.0. The van der Waals surface area contributed by atoms with Crippen LogP contribution in [0.5, 0.6) is 0 Å². The molecule has 1 fully saturated rings. The molecule has 1 N–H and O–H groups in total. The van der Waals surface area contributed by atoms with Gasteiger partial charge in [-0.05, 0) is 42.7 Å². The van der Waals surface area contributed by atoms with Crippen molar-refractivity contribution in [1.29, 1.82) is 5.26 Å². The number of nitriles is 1. The molecule has 6 heteroatoms. The summed E-state index contributed by atoms with van der Waals surface area (Å²) in [6.45, 7) is 0.678. The summed E-state index contributed by atoms with van der Waals surface area (Å²) in [5, 5.41) is 16.2. The van der Waals surface area contributed by atoms with Gasteiger partial charge in [-0.15, -0.1) is 0 Å². The zero-order chi connectivity index (χ0) is 17.9. The molecule has 2 aromatic heterocycles. The molecule has 26 heavy (non-hydrogen) atoms. The third kappa shape index (κ3) is 3.07. The Bertz CT molecular complexity index is 956. The van der Waals surface area contributed by atoms with E-state index in [2.05, 4.69) is 21.3 Å². The van der Waals surface area contributed by atoms with Gasteiger partial charge in [-0.25, -0.2) is 0 Å². The topological polar surface area (TPSA) is 85.7 Å². The van der Waals surface area contributed by atoms with Gasteiger partial charge in [-0.1, -0.05) is 12.1 Å². The van der Waals surface area contributed by atoms with Crippen LogP contribution >= 0.6 is 0 Å². The zero-order valence-electron chi connectivity index (χ0n) is 14.1. The van der Waals surface area contributed by atoms with Crippen LogP contribution in [0.15, 0.2) is 54.9 Å². The van der Waals surface area contributed by atoms with E-state index in [0.29, 0.717) is 18.5 Å². The van der Waals surface area contributed by atoms with Crippen LogP contribution < -0.4 is 4.90 Å². The molecule has 0 bridgehead atoms. The summed E-state index contributed by atoms with van der Waals surface area (Å²) in [6, 6.07) is 15.2. The Balaban J connectivity index is 1.47. The highest BCUT2D eigenvalue weighted by atomic mass is 16.2. The number of benzene rings is 1. The lowest BCUT2D eigenvalue weighted by molar-refractivity contribution is -0.120. The molecule has 1 aliphatic heterocycles. The molecule has 128 valence electrons. The number of amides is 1. The first-order chi connectivity index (χ1) is 12.7. The first-order valence-corrected chi connectivity index (χ1v) is 8.51. The minimum atomic E-state index is -0.0457. The Hall–Kier alpha value is -3.46. The second kappa shape index (κ2) is 6.81. The van der Waals surface area contributed by atoms with Crippen molar-refractivity contribution in [3.05, 3.63) is 66.0 Å². The lowest BCUT2D eigenvalue weighted by Gasteiger charge is -2.14. The molecule has 1 atom stereocenters. The summed E-state index contributed by atoms with van der Waals surface area (Å²) >= 11 is 0. The summed E-state index contributed by atoms with van der Waals surface area (Å²) in [4.78, 5) is 18.6. The monoisotopic (exact) mass is 343 g/mol. The minimum Gasteiger partial charge on any atom is -0.297 e. The summed E-state index contributed by atoms with van der Waals surface area (Å²) in [7, 11) is 0. The van der Waals surface area contributed by atoms with Gasteiger partial charge in [0.05, 0.1) is 17.3 Å². The van der Waals surface area contributed by atoms with Gasteiger partial charge in [0, 0.05) is 36.5 Å². The quantitative estimate of drug-likeness (QED) is 0.789. The first-order valence-electron chi connectivity index (χ1n) is 8.51. The van der Waals surface area contributed by atoms with Gasteiger partial charge in [-0.2, -0.15) is 10.4 Å². The Labute approximate surface area is 151 Å². The molecule has 1 saturated heterocycles. The molecule has 3 aromatic rings. The molecular weight excluding hydrogens is 326 g/mol. The third-order valence-electron chi connectivity index (χ3n) is 4.71. The normalized spacial score (nSPS) is 16.7. The van der Waals surface area contributed by atoms with Crippen molar-refractivity contribution >= 4 is 11.7 Å². The average molecular weight is 343 g/mol. The SMILES string of the molecule is N#Cc1ccc(CC2CCN(c3cc(-c4ccncc4)n[nH]3)C2=O)cc1. The van der Waals surface area contributed by atoms with Crippen LogP contribution in [0.2, 0.25) is 0 Å². The van der Waals surface area contributed by atoms with E-state index in [1.165, 1.54) is 0 Å². The standard InChI is InChI=1S/C20H17N5O/c21-13-15-3-1-14(2-4-15)11-17-7-10-25(20(17)26)19-12-18(23-24-19)16-5-8-22-9-6-16/h1-6,8-9,12,17H,7,10-11H2,(H,23,24). The molecule has 6 nitrogen and oxygen atoms in total. The predicted molar refractivity (Wildman–Crippen MR) is 97.1 cm³/mol. The Morgan fingerprint density at radius 3 is 2.69 bits per heavy atom. The van der Waals surface area contributed by atoms with Crippen LogP contribution in [0.1, 0.15) is 17.5 Å². The molecule has 0 spiro atoms. The molecule has 3 heterocycles. The fourth-order valence-electron chi connectivity index (χ4n) is 3.29. The summed E-state index contributed by atoms with van der Waals surface area (Å²) in [6.07, 6.45) is 4.94. The second-order valence-corrected chi connectivity index (χ2v) is 6.36. The number of nitrogens with one attached hydrogen (secondary N) is 1. The number of hydrogen-bond acceptors (Lipinski definition) is 4. The maximum absolute atomic E-state index is 12.8. The number of aromatic amines is 1. The van der Waals surface area contributed by atoms with Gasteiger partial charge in [-0.3, -0.25) is 19.8 Å². The number of hydrogen-bond donors (Lipinski definition) is 1. The van der Waals surface area contributed by atoms with Crippen LogP contribution in [0.3, 0.4) is 0 Å². The van der Waals surface area contributed by atoms with Crippen LogP contribution in [0.4, 0.5) is 5.82 Å². The number of aromatic nitrogens is 3. The van der Waals surface area contributed by atoms with E-state index in [0.717, 1.165) is 29.1 Å². The van der Waals surface area contributed by atoms with Gasteiger partial charge >= 0.3 is 0 Å².